The first-order valence-corrected chi connectivity index (χ1v) is 12.8. The third-order valence-electron chi connectivity index (χ3n) is 7.37. The molecule has 7 heteroatoms. The van der Waals surface area contributed by atoms with Gasteiger partial charge in [0, 0.05) is 18.7 Å². The van der Waals surface area contributed by atoms with Crippen LogP contribution >= 0.6 is 0 Å². The largest absolute Gasteiger partial charge is 0.343 e. The van der Waals surface area contributed by atoms with Gasteiger partial charge in [-0.05, 0) is 61.4 Å². The minimum Gasteiger partial charge on any atom is -0.343 e. The second-order valence-corrected chi connectivity index (χ2v) is 10.1. The van der Waals surface area contributed by atoms with Gasteiger partial charge in [-0.3, -0.25) is 14.4 Å². The number of hydrogen-bond donors (Lipinski definition) is 2. The number of rotatable bonds is 7. The van der Waals surface area contributed by atoms with Gasteiger partial charge in [0.25, 0.3) is 5.91 Å². The summed E-state index contributed by atoms with van der Waals surface area (Å²) in [6.07, 6.45) is 4.81. The molecule has 4 rings (SSSR count). The van der Waals surface area contributed by atoms with Crippen molar-refractivity contribution in [2.45, 2.75) is 70.6 Å². The first-order chi connectivity index (χ1) is 17.3. The van der Waals surface area contributed by atoms with Crippen LogP contribution < -0.4 is 10.6 Å². The van der Waals surface area contributed by atoms with Gasteiger partial charge in [-0.2, -0.15) is 0 Å². The molecular weight excluding hydrogens is 452 g/mol. The van der Waals surface area contributed by atoms with E-state index in [0.717, 1.165) is 30.4 Å². The molecule has 2 aliphatic rings. The van der Waals surface area contributed by atoms with Gasteiger partial charge in [0.15, 0.2) is 0 Å². The fourth-order valence-corrected chi connectivity index (χ4v) is 5.14. The first kappa shape index (κ1) is 25.8. The van der Waals surface area contributed by atoms with Gasteiger partial charge in [-0.15, -0.1) is 0 Å². The number of amides is 3. The van der Waals surface area contributed by atoms with E-state index in [4.69, 9.17) is 0 Å². The van der Waals surface area contributed by atoms with Crippen molar-refractivity contribution in [2.24, 2.45) is 10.9 Å². The lowest BCUT2D eigenvalue weighted by molar-refractivity contribution is -0.143. The molecule has 4 atom stereocenters. The fraction of sp³-hybridized carbons (Fsp3) is 0.448. The summed E-state index contributed by atoms with van der Waals surface area (Å²) in [6.45, 7) is 5.85. The zero-order valence-corrected chi connectivity index (χ0v) is 21.5. The molecule has 2 aromatic rings. The number of likely N-dealkylation sites (N-methyl/N-ethyl adjacent to an activating group) is 1. The molecule has 0 bridgehead atoms. The summed E-state index contributed by atoms with van der Waals surface area (Å²) in [5, 5.41) is 5.79. The highest BCUT2D eigenvalue weighted by atomic mass is 16.2. The van der Waals surface area contributed by atoms with Crippen LogP contribution in [0.1, 0.15) is 67.8 Å². The average molecular weight is 489 g/mol. The number of carbonyl (C=O) groups is 3. The number of nitrogens with one attached hydrogen (secondary N) is 2. The highest BCUT2D eigenvalue weighted by molar-refractivity contribution is 5.97. The third kappa shape index (κ3) is 5.26. The Balaban J connectivity index is 1.60. The lowest BCUT2D eigenvalue weighted by Crippen LogP contribution is -2.54. The molecule has 1 heterocycles. The molecule has 2 aromatic carbocycles. The quantitative estimate of drug-likeness (QED) is 0.584. The highest BCUT2D eigenvalue weighted by Gasteiger charge is 2.41. The molecule has 3 amide bonds. The molecule has 190 valence electrons. The molecule has 0 radical (unpaired) electrons. The van der Waals surface area contributed by atoms with Crippen LogP contribution in [-0.4, -0.2) is 48.0 Å². The highest BCUT2D eigenvalue weighted by Crippen LogP contribution is 2.36. The van der Waals surface area contributed by atoms with Gasteiger partial charge >= 0.3 is 0 Å². The Kier molecular flexibility index (Phi) is 7.99. The summed E-state index contributed by atoms with van der Waals surface area (Å²) in [7, 11) is 1.70. The van der Waals surface area contributed by atoms with Crippen molar-refractivity contribution >= 4 is 23.9 Å². The minimum atomic E-state index is -0.802. The van der Waals surface area contributed by atoms with E-state index >= 15 is 0 Å². The van der Waals surface area contributed by atoms with Gasteiger partial charge < -0.3 is 15.5 Å². The number of benzene rings is 2. The summed E-state index contributed by atoms with van der Waals surface area (Å²) >= 11 is 0. The second-order valence-electron chi connectivity index (χ2n) is 10.1. The maximum Gasteiger partial charge on any atom is 0.272 e. The van der Waals surface area contributed by atoms with Gasteiger partial charge in [-0.25, -0.2) is 4.99 Å². The normalized spacial score (nSPS) is 20.6. The van der Waals surface area contributed by atoms with Gasteiger partial charge in [0.05, 0.1) is 6.04 Å². The minimum absolute atomic E-state index is 0.0884. The summed E-state index contributed by atoms with van der Waals surface area (Å²) in [5.41, 5.74) is 4.26. The lowest BCUT2D eigenvalue weighted by atomic mass is 9.83. The Morgan fingerprint density at radius 3 is 2.36 bits per heavy atom. The molecule has 0 aromatic heterocycles. The van der Waals surface area contributed by atoms with Crippen LogP contribution in [0, 0.1) is 5.92 Å². The van der Waals surface area contributed by atoms with E-state index in [1.54, 1.807) is 25.1 Å². The zero-order valence-electron chi connectivity index (χ0n) is 21.5. The van der Waals surface area contributed by atoms with Gasteiger partial charge in [0.1, 0.15) is 12.1 Å². The topological polar surface area (TPSA) is 90.9 Å². The average Bonchev–Trinajstić information content (AvgIpc) is 3.29. The Hall–Kier alpha value is -3.32. The maximum absolute atomic E-state index is 13.8. The summed E-state index contributed by atoms with van der Waals surface area (Å²) in [6, 6.07) is 14.0. The number of nitrogens with zero attached hydrogens (tertiary/aromatic N) is 2. The zero-order chi connectivity index (χ0) is 25.8. The van der Waals surface area contributed by atoms with Crippen molar-refractivity contribution in [3.8, 4) is 0 Å². The number of hydrogen-bond acceptors (Lipinski definition) is 4. The number of fused-ring (bicyclic) bond motifs is 2. The van der Waals surface area contributed by atoms with E-state index in [2.05, 4.69) is 27.8 Å². The molecule has 0 spiro atoms. The van der Waals surface area contributed by atoms with Crippen molar-refractivity contribution in [1.29, 1.82) is 0 Å². The van der Waals surface area contributed by atoms with E-state index in [0.29, 0.717) is 6.54 Å². The number of aliphatic imine (C=N–C) groups is 1. The first-order valence-electron chi connectivity index (χ1n) is 12.8. The molecule has 36 heavy (non-hydrogen) atoms. The number of carbonyl (C=O) groups excluding carboxylic acids is 3. The van der Waals surface area contributed by atoms with E-state index in [1.165, 1.54) is 11.1 Å². The predicted octanol–water partition coefficient (Wildman–Crippen LogP) is 3.54. The molecule has 2 N–H and O–H groups in total. The van der Waals surface area contributed by atoms with Crippen LogP contribution in [-0.2, 0) is 27.3 Å². The van der Waals surface area contributed by atoms with E-state index in [-0.39, 0.29) is 29.6 Å². The second kappa shape index (κ2) is 11.2. The van der Waals surface area contributed by atoms with Crippen LogP contribution in [0.2, 0.25) is 0 Å². The standard InChI is InChI=1S/C29H36N4O3/c1-18(2)25(32-27(34)19(3)30-4)29(36)33-17-22-11-6-8-15-24(22)26(33)28(35)31-16-21-13-9-12-20-10-5-7-14-23(20)21/h5-8,10-11,14-16,18-19,21,25-26,30H,9,12-13,17H2,1-4H3,(H,32,34)/t19-,21?,25-,26?/m0/s1. The molecule has 0 saturated carbocycles. The lowest BCUT2D eigenvalue weighted by Gasteiger charge is -2.30. The molecule has 0 saturated heterocycles. The van der Waals surface area contributed by atoms with E-state index in [1.807, 2.05) is 50.2 Å². The Morgan fingerprint density at radius 1 is 1.00 bits per heavy atom. The molecule has 1 aliphatic heterocycles. The molecular formula is C29H36N4O3. The van der Waals surface area contributed by atoms with Crippen LogP contribution in [0.3, 0.4) is 0 Å². The van der Waals surface area contributed by atoms with Crippen molar-refractivity contribution in [3.05, 3.63) is 70.8 Å². The maximum atomic E-state index is 13.8. The SMILES string of the molecule is CN[C@@H](C)C(=O)N[C@H](C(=O)N1Cc2ccccc2C1C(=O)N=CC1CCCc2ccccc21)C(C)C. The fourth-order valence-electron chi connectivity index (χ4n) is 5.14. The van der Waals surface area contributed by atoms with Gasteiger partial charge in [-0.1, -0.05) is 62.4 Å². The Morgan fingerprint density at radius 2 is 1.67 bits per heavy atom. The molecule has 2 unspecified atom stereocenters. The van der Waals surface area contributed by atoms with Crippen molar-refractivity contribution < 1.29 is 14.4 Å². The van der Waals surface area contributed by atoms with Crippen molar-refractivity contribution in [2.75, 3.05) is 7.05 Å². The van der Waals surface area contributed by atoms with Crippen molar-refractivity contribution in [1.82, 2.24) is 15.5 Å². The number of aryl methyl sites for hydroxylation is 1. The van der Waals surface area contributed by atoms with Gasteiger partial charge in [0.2, 0.25) is 11.8 Å². The predicted molar refractivity (Wildman–Crippen MR) is 141 cm³/mol. The monoisotopic (exact) mass is 488 g/mol. The van der Waals surface area contributed by atoms with Crippen molar-refractivity contribution in [3.63, 3.8) is 0 Å². The summed E-state index contributed by atoms with van der Waals surface area (Å²) in [4.78, 5) is 45.9. The van der Waals surface area contributed by atoms with Crippen LogP contribution in [0.15, 0.2) is 53.5 Å². The summed E-state index contributed by atoms with van der Waals surface area (Å²) in [5.74, 6) is -0.932. The summed E-state index contributed by atoms with van der Waals surface area (Å²) < 4.78 is 0. The smallest absolute Gasteiger partial charge is 0.272 e. The van der Waals surface area contributed by atoms with E-state index in [9.17, 15) is 14.4 Å². The Bertz CT molecular complexity index is 1160. The van der Waals surface area contributed by atoms with E-state index < -0.39 is 18.1 Å². The third-order valence-corrected chi connectivity index (χ3v) is 7.37. The van der Waals surface area contributed by atoms with Crippen LogP contribution in [0.4, 0.5) is 0 Å². The van der Waals surface area contributed by atoms with Crippen LogP contribution in [0.5, 0.6) is 0 Å². The molecule has 1 aliphatic carbocycles. The van der Waals surface area contributed by atoms with Crippen LogP contribution in [0.25, 0.3) is 0 Å². The molecule has 0 fully saturated rings. The molecule has 7 nitrogen and oxygen atoms in total. The Labute approximate surface area is 213 Å².